The molecule has 2 aromatic rings. The molecule has 0 heterocycles. The summed E-state index contributed by atoms with van der Waals surface area (Å²) in [6.07, 6.45) is 0.129. The van der Waals surface area contributed by atoms with Crippen molar-refractivity contribution in [3.05, 3.63) is 59.7 Å². The van der Waals surface area contributed by atoms with Gasteiger partial charge in [0, 0.05) is 5.56 Å². The molecule has 3 heteroatoms. The second kappa shape index (κ2) is 4.75. The molecule has 17 heavy (non-hydrogen) atoms. The van der Waals surface area contributed by atoms with Gasteiger partial charge in [0.1, 0.15) is 11.6 Å². The van der Waals surface area contributed by atoms with Crippen molar-refractivity contribution in [3.63, 3.8) is 0 Å². The van der Waals surface area contributed by atoms with Gasteiger partial charge in [-0.3, -0.25) is 0 Å². The van der Waals surface area contributed by atoms with E-state index < -0.39 is 11.6 Å². The molecule has 0 saturated carbocycles. The highest BCUT2D eigenvalue weighted by atomic mass is 19.1. The van der Waals surface area contributed by atoms with Gasteiger partial charge in [0.25, 0.3) is 0 Å². The SMILES string of the molecule is N#CCc1ccc(F)cc1-c1ccccc1F. The molecule has 84 valence electrons. The Hall–Kier alpha value is -2.21. The summed E-state index contributed by atoms with van der Waals surface area (Å²) < 4.78 is 26.8. The number of hydrogen-bond donors (Lipinski definition) is 0. The van der Waals surface area contributed by atoms with E-state index in [0.717, 1.165) is 0 Å². The maximum Gasteiger partial charge on any atom is 0.131 e. The first-order chi connectivity index (χ1) is 8.22. The maximum atomic E-state index is 13.6. The molecule has 0 unspecified atom stereocenters. The lowest BCUT2D eigenvalue weighted by Crippen LogP contribution is -1.92. The molecule has 0 aliphatic rings. The van der Waals surface area contributed by atoms with Gasteiger partial charge in [-0.1, -0.05) is 24.3 Å². The number of nitrogens with zero attached hydrogens (tertiary/aromatic N) is 1. The molecule has 0 spiro atoms. The zero-order valence-corrected chi connectivity index (χ0v) is 8.95. The van der Waals surface area contributed by atoms with E-state index in [2.05, 4.69) is 0 Å². The molecule has 0 fully saturated rings. The van der Waals surface area contributed by atoms with Gasteiger partial charge in [0.15, 0.2) is 0 Å². The molecule has 0 atom stereocenters. The molecule has 0 bridgehead atoms. The first-order valence-corrected chi connectivity index (χ1v) is 5.12. The van der Waals surface area contributed by atoms with E-state index in [1.54, 1.807) is 18.2 Å². The lowest BCUT2D eigenvalue weighted by molar-refractivity contribution is 0.624. The van der Waals surface area contributed by atoms with Gasteiger partial charge in [0.2, 0.25) is 0 Å². The molecule has 0 aliphatic carbocycles. The standard InChI is InChI=1S/C14H9F2N/c15-11-6-5-10(7-8-17)13(9-11)12-3-1-2-4-14(12)16/h1-6,9H,7H2. The highest BCUT2D eigenvalue weighted by Gasteiger charge is 2.10. The molecule has 0 radical (unpaired) electrons. The molecule has 2 rings (SSSR count). The molecule has 0 saturated heterocycles. The number of hydrogen-bond acceptors (Lipinski definition) is 1. The topological polar surface area (TPSA) is 23.8 Å². The van der Waals surface area contributed by atoms with Crippen LogP contribution in [0.15, 0.2) is 42.5 Å². The number of nitriles is 1. The third kappa shape index (κ3) is 2.31. The smallest absolute Gasteiger partial charge is 0.131 e. The third-order valence-corrected chi connectivity index (χ3v) is 2.51. The van der Waals surface area contributed by atoms with Crippen LogP contribution in [0.2, 0.25) is 0 Å². The molecule has 1 nitrogen and oxygen atoms in total. The van der Waals surface area contributed by atoms with Crippen LogP contribution in [-0.2, 0) is 6.42 Å². The summed E-state index contributed by atoms with van der Waals surface area (Å²) in [5.74, 6) is -0.859. The zero-order chi connectivity index (χ0) is 12.3. The fraction of sp³-hybridized carbons (Fsp3) is 0.0714. The minimum atomic E-state index is -0.440. The average molecular weight is 229 g/mol. The van der Waals surface area contributed by atoms with Crippen LogP contribution in [0.5, 0.6) is 0 Å². The fourth-order valence-electron chi connectivity index (χ4n) is 1.72. The van der Waals surface area contributed by atoms with Crippen LogP contribution in [0.25, 0.3) is 11.1 Å². The Morgan fingerprint density at radius 2 is 1.76 bits per heavy atom. The number of benzene rings is 2. The van der Waals surface area contributed by atoms with Crippen molar-refractivity contribution in [2.24, 2.45) is 0 Å². The van der Waals surface area contributed by atoms with Crippen molar-refractivity contribution in [3.8, 4) is 17.2 Å². The van der Waals surface area contributed by atoms with Crippen LogP contribution in [0.3, 0.4) is 0 Å². The molecule has 0 N–H and O–H groups in total. The normalized spacial score (nSPS) is 9.94. The van der Waals surface area contributed by atoms with E-state index >= 15 is 0 Å². The van der Waals surface area contributed by atoms with Crippen LogP contribution in [0.1, 0.15) is 5.56 Å². The van der Waals surface area contributed by atoms with E-state index in [1.165, 1.54) is 24.3 Å². The first-order valence-electron chi connectivity index (χ1n) is 5.12. The lowest BCUT2D eigenvalue weighted by atomic mass is 9.97. The highest BCUT2D eigenvalue weighted by Crippen LogP contribution is 2.27. The Morgan fingerprint density at radius 3 is 2.47 bits per heavy atom. The highest BCUT2D eigenvalue weighted by molar-refractivity contribution is 5.68. The Morgan fingerprint density at radius 1 is 1.00 bits per heavy atom. The predicted molar refractivity (Wildman–Crippen MR) is 61.1 cm³/mol. The van der Waals surface area contributed by atoms with Gasteiger partial charge in [0.05, 0.1) is 12.5 Å². The van der Waals surface area contributed by atoms with E-state index in [-0.39, 0.29) is 6.42 Å². The lowest BCUT2D eigenvalue weighted by Gasteiger charge is -2.08. The van der Waals surface area contributed by atoms with Crippen LogP contribution in [0, 0.1) is 23.0 Å². The van der Waals surface area contributed by atoms with Crippen LogP contribution in [0.4, 0.5) is 8.78 Å². The van der Waals surface area contributed by atoms with Gasteiger partial charge >= 0.3 is 0 Å². The summed E-state index contributed by atoms with van der Waals surface area (Å²) in [6, 6.07) is 12.2. The van der Waals surface area contributed by atoms with Crippen molar-refractivity contribution < 1.29 is 8.78 Å². The Bertz CT molecular complexity index is 585. The number of halogens is 2. The van der Waals surface area contributed by atoms with Crippen molar-refractivity contribution in [1.82, 2.24) is 0 Å². The first kappa shape index (κ1) is 11.3. The molecule has 0 aliphatic heterocycles. The molecule has 0 aromatic heterocycles. The summed E-state index contributed by atoms with van der Waals surface area (Å²) in [5.41, 5.74) is 1.38. The second-order valence-electron chi connectivity index (χ2n) is 3.62. The average Bonchev–Trinajstić information content (AvgIpc) is 2.32. The molecular weight excluding hydrogens is 220 g/mol. The van der Waals surface area contributed by atoms with Gasteiger partial charge in [-0.25, -0.2) is 8.78 Å². The minimum Gasteiger partial charge on any atom is -0.207 e. The quantitative estimate of drug-likeness (QED) is 0.770. The van der Waals surface area contributed by atoms with E-state index in [9.17, 15) is 8.78 Å². The van der Waals surface area contributed by atoms with Crippen LogP contribution >= 0.6 is 0 Å². The van der Waals surface area contributed by atoms with E-state index in [4.69, 9.17) is 5.26 Å². The van der Waals surface area contributed by atoms with E-state index in [0.29, 0.717) is 16.7 Å². The van der Waals surface area contributed by atoms with Gasteiger partial charge in [-0.05, 0) is 29.3 Å². The van der Waals surface area contributed by atoms with Crippen molar-refractivity contribution >= 4 is 0 Å². The van der Waals surface area contributed by atoms with Crippen molar-refractivity contribution in [2.45, 2.75) is 6.42 Å². The van der Waals surface area contributed by atoms with Gasteiger partial charge in [-0.2, -0.15) is 5.26 Å². The fourth-order valence-corrected chi connectivity index (χ4v) is 1.72. The largest absolute Gasteiger partial charge is 0.207 e. The zero-order valence-electron chi connectivity index (χ0n) is 8.95. The molecule has 0 amide bonds. The minimum absolute atomic E-state index is 0.129. The summed E-state index contributed by atoms with van der Waals surface area (Å²) in [6.45, 7) is 0. The Labute approximate surface area is 97.9 Å². The summed E-state index contributed by atoms with van der Waals surface area (Å²) in [4.78, 5) is 0. The summed E-state index contributed by atoms with van der Waals surface area (Å²) in [5, 5.41) is 8.69. The summed E-state index contributed by atoms with van der Waals surface area (Å²) >= 11 is 0. The van der Waals surface area contributed by atoms with Crippen molar-refractivity contribution in [2.75, 3.05) is 0 Å². The molecule has 2 aromatic carbocycles. The third-order valence-electron chi connectivity index (χ3n) is 2.51. The molecular formula is C14H9F2N. The number of rotatable bonds is 2. The summed E-state index contributed by atoms with van der Waals surface area (Å²) in [7, 11) is 0. The Balaban J connectivity index is 2.62. The second-order valence-corrected chi connectivity index (χ2v) is 3.62. The van der Waals surface area contributed by atoms with Crippen LogP contribution in [-0.4, -0.2) is 0 Å². The monoisotopic (exact) mass is 229 g/mol. The van der Waals surface area contributed by atoms with E-state index in [1.807, 2.05) is 6.07 Å². The maximum absolute atomic E-state index is 13.6. The van der Waals surface area contributed by atoms with Gasteiger partial charge in [-0.15, -0.1) is 0 Å². The van der Waals surface area contributed by atoms with Crippen molar-refractivity contribution in [1.29, 1.82) is 5.26 Å². The Kier molecular flexibility index (Phi) is 3.15. The van der Waals surface area contributed by atoms with Crippen LogP contribution < -0.4 is 0 Å². The van der Waals surface area contributed by atoms with Gasteiger partial charge < -0.3 is 0 Å². The predicted octanol–water partition coefficient (Wildman–Crippen LogP) is 3.70.